The van der Waals surface area contributed by atoms with Crippen molar-refractivity contribution in [1.29, 1.82) is 0 Å². The molecule has 5 nitrogen and oxygen atoms in total. The number of nitrogens with two attached hydrogens (primary N) is 1. The van der Waals surface area contributed by atoms with E-state index in [4.69, 9.17) is 5.73 Å². The maximum Gasteiger partial charge on any atom is 0.257 e. The molecule has 1 aromatic carbocycles. The summed E-state index contributed by atoms with van der Waals surface area (Å²) >= 11 is 0. The summed E-state index contributed by atoms with van der Waals surface area (Å²) < 4.78 is 1.85. The van der Waals surface area contributed by atoms with E-state index in [1.54, 1.807) is 0 Å². The van der Waals surface area contributed by atoms with Gasteiger partial charge in [0.05, 0.1) is 22.6 Å². The van der Waals surface area contributed by atoms with Gasteiger partial charge in [-0.05, 0) is 44.9 Å². The Labute approximate surface area is 130 Å². The standard InChI is InChI=1S/C17H22N4O/c1-12-16(17(22)20-9-8-14(10-18)11-20)13(2)21(19-12)15-6-4-3-5-7-15/h3-7,14H,8-11,18H2,1-2H3. The predicted molar refractivity (Wildman–Crippen MR) is 86.1 cm³/mol. The lowest BCUT2D eigenvalue weighted by Crippen LogP contribution is -2.30. The van der Waals surface area contributed by atoms with Crippen molar-refractivity contribution < 1.29 is 4.79 Å². The van der Waals surface area contributed by atoms with Gasteiger partial charge in [0.25, 0.3) is 5.91 Å². The maximum atomic E-state index is 12.8. The number of aromatic nitrogens is 2. The second-order valence-electron chi connectivity index (χ2n) is 5.93. The zero-order valence-electron chi connectivity index (χ0n) is 13.1. The van der Waals surface area contributed by atoms with Gasteiger partial charge in [0.15, 0.2) is 0 Å². The molecular formula is C17H22N4O. The zero-order chi connectivity index (χ0) is 15.7. The van der Waals surface area contributed by atoms with Gasteiger partial charge in [0.1, 0.15) is 0 Å². The second-order valence-corrected chi connectivity index (χ2v) is 5.93. The van der Waals surface area contributed by atoms with Crippen LogP contribution >= 0.6 is 0 Å². The van der Waals surface area contributed by atoms with Crippen LogP contribution in [0.5, 0.6) is 0 Å². The number of carbonyl (C=O) groups excluding carboxylic acids is 1. The third-order valence-corrected chi connectivity index (χ3v) is 4.41. The first-order valence-corrected chi connectivity index (χ1v) is 7.72. The highest BCUT2D eigenvalue weighted by Gasteiger charge is 2.29. The van der Waals surface area contributed by atoms with Gasteiger partial charge in [-0.15, -0.1) is 0 Å². The number of para-hydroxylation sites is 1. The Morgan fingerprint density at radius 2 is 2.05 bits per heavy atom. The summed E-state index contributed by atoms with van der Waals surface area (Å²) in [7, 11) is 0. The number of benzene rings is 1. The number of aryl methyl sites for hydroxylation is 1. The molecule has 0 aliphatic carbocycles. The molecule has 1 fully saturated rings. The number of amides is 1. The monoisotopic (exact) mass is 298 g/mol. The molecule has 0 saturated carbocycles. The molecule has 0 radical (unpaired) electrons. The maximum absolute atomic E-state index is 12.8. The summed E-state index contributed by atoms with van der Waals surface area (Å²) in [5.74, 6) is 0.502. The van der Waals surface area contributed by atoms with Crippen LogP contribution in [0.3, 0.4) is 0 Å². The molecule has 1 aliphatic rings. The molecule has 1 unspecified atom stereocenters. The molecule has 22 heavy (non-hydrogen) atoms. The minimum Gasteiger partial charge on any atom is -0.338 e. The smallest absolute Gasteiger partial charge is 0.257 e. The molecule has 1 amide bonds. The lowest BCUT2D eigenvalue weighted by atomic mass is 10.1. The molecule has 2 heterocycles. The van der Waals surface area contributed by atoms with Gasteiger partial charge in [-0.1, -0.05) is 18.2 Å². The fraction of sp³-hybridized carbons (Fsp3) is 0.412. The van der Waals surface area contributed by atoms with Crippen LogP contribution < -0.4 is 5.73 Å². The largest absolute Gasteiger partial charge is 0.338 e. The van der Waals surface area contributed by atoms with Gasteiger partial charge in [0.2, 0.25) is 0 Å². The van der Waals surface area contributed by atoms with E-state index >= 15 is 0 Å². The molecular weight excluding hydrogens is 276 g/mol. The Kier molecular flexibility index (Phi) is 3.98. The highest BCUT2D eigenvalue weighted by molar-refractivity contribution is 5.96. The van der Waals surface area contributed by atoms with Crippen LogP contribution in [-0.2, 0) is 0 Å². The Morgan fingerprint density at radius 1 is 1.32 bits per heavy atom. The van der Waals surface area contributed by atoms with Crippen LogP contribution in [0, 0.1) is 19.8 Å². The molecule has 0 bridgehead atoms. The van der Waals surface area contributed by atoms with Crippen molar-refractivity contribution in [3.05, 3.63) is 47.3 Å². The average molecular weight is 298 g/mol. The molecule has 116 valence electrons. The number of nitrogens with zero attached hydrogens (tertiary/aromatic N) is 3. The normalized spacial score (nSPS) is 18.0. The molecule has 1 saturated heterocycles. The lowest BCUT2D eigenvalue weighted by Gasteiger charge is -2.16. The SMILES string of the molecule is Cc1nn(-c2ccccc2)c(C)c1C(=O)N1CCC(CN)C1. The highest BCUT2D eigenvalue weighted by atomic mass is 16.2. The van der Waals surface area contributed by atoms with E-state index in [9.17, 15) is 4.79 Å². The van der Waals surface area contributed by atoms with E-state index in [0.29, 0.717) is 12.5 Å². The van der Waals surface area contributed by atoms with Crippen LogP contribution in [-0.4, -0.2) is 40.2 Å². The van der Waals surface area contributed by atoms with E-state index in [-0.39, 0.29) is 5.91 Å². The predicted octanol–water partition coefficient (Wildman–Crippen LogP) is 1.91. The molecule has 2 N–H and O–H groups in total. The highest BCUT2D eigenvalue weighted by Crippen LogP contribution is 2.23. The Bertz CT molecular complexity index is 677. The third kappa shape index (κ3) is 2.52. The summed E-state index contributed by atoms with van der Waals surface area (Å²) in [4.78, 5) is 14.7. The summed E-state index contributed by atoms with van der Waals surface area (Å²) in [5, 5.41) is 4.56. The topological polar surface area (TPSA) is 64.2 Å². The van der Waals surface area contributed by atoms with Gasteiger partial charge in [-0.25, -0.2) is 4.68 Å². The van der Waals surface area contributed by atoms with Crippen molar-refractivity contribution in [2.75, 3.05) is 19.6 Å². The van der Waals surface area contributed by atoms with Gasteiger partial charge < -0.3 is 10.6 Å². The van der Waals surface area contributed by atoms with E-state index in [1.807, 2.05) is 53.8 Å². The first kappa shape index (κ1) is 14.8. The molecule has 2 aromatic rings. The first-order chi connectivity index (χ1) is 10.6. The van der Waals surface area contributed by atoms with Crippen LogP contribution in [0.15, 0.2) is 30.3 Å². The number of carbonyl (C=O) groups is 1. The van der Waals surface area contributed by atoms with Crippen molar-refractivity contribution >= 4 is 5.91 Å². The summed E-state index contributed by atoms with van der Waals surface area (Å²) in [6, 6.07) is 9.90. The van der Waals surface area contributed by atoms with E-state index in [2.05, 4.69) is 5.10 Å². The number of likely N-dealkylation sites (tertiary alicyclic amines) is 1. The van der Waals surface area contributed by atoms with E-state index < -0.39 is 0 Å². The third-order valence-electron chi connectivity index (χ3n) is 4.41. The minimum absolute atomic E-state index is 0.0770. The van der Waals surface area contributed by atoms with Crippen molar-refractivity contribution in [2.45, 2.75) is 20.3 Å². The first-order valence-electron chi connectivity index (χ1n) is 7.72. The molecule has 3 rings (SSSR count). The van der Waals surface area contributed by atoms with Crippen molar-refractivity contribution in [1.82, 2.24) is 14.7 Å². The van der Waals surface area contributed by atoms with Crippen LogP contribution in [0.1, 0.15) is 28.2 Å². The Morgan fingerprint density at radius 3 is 2.68 bits per heavy atom. The number of hydrogen-bond acceptors (Lipinski definition) is 3. The van der Waals surface area contributed by atoms with Gasteiger partial charge in [0, 0.05) is 13.1 Å². The molecule has 1 atom stereocenters. The van der Waals surface area contributed by atoms with Crippen LogP contribution in [0.2, 0.25) is 0 Å². The molecule has 1 aliphatic heterocycles. The fourth-order valence-corrected chi connectivity index (χ4v) is 3.14. The molecule has 5 heteroatoms. The summed E-state index contributed by atoms with van der Waals surface area (Å²) in [5.41, 5.74) is 9.09. The molecule has 0 spiro atoms. The second kappa shape index (κ2) is 5.93. The minimum atomic E-state index is 0.0770. The van der Waals surface area contributed by atoms with Crippen LogP contribution in [0.25, 0.3) is 5.69 Å². The Balaban J connectivity index is 1.92. The van der Waals surface area contributed by atoms with Gasteiger partial charge >= 0.3 is 0 Å². The fourth-order valence-electron chi connectivity index (χ4n) is 3.14. The van der Waals surface area contributed by atoms with Crippen molar-refractivity contribution in [3.8, 4) is 5.69 Å². The lowest BCUT2D eigenvalue weighted by molar-refractivity contribution is 0.0786. The number of hydrogen-bond donors (Lipinski definition) is 1. The van der Waals surface area contributed by atoms with Gasteiger partial charge in [-0.3, -0.25) is 4.79 Å². The average Bonchev–Trinajstić information content (AvgIpc) is 3.12. The Hall–Kier alpha value is -2.14. The van der Waals surface area contributed by atoms with Crippen molar-refractivity contribution in [2.24, 2.45) is 11.7 Å². The summed E-state index contributed by atoms with van der Waals surface area (Å²) in [6.07, 6.45) is 0.993. The van der Waals surface area contributed by atoms with E-state index in [0.717, 1.165) is 42.1 Å². The summed E-state index contributed by atoms with van der Waals surface area (Å²) in [6.45, 7) is 6.04. The zero-order valence-corrected chi connectivity index (χ0v) is 13.1. The van der Waals surface area contributed by atoms with Crippen LogP contribution in [0.4, 0.5) is 0 Å². The van der Waals surface area contributed by atoms with E-state index in [1.165, 1.54) is 0 Å². The molecule has 1 aromatic heterocycles. The van der Waals surface area contributed by atoms with Crippen molar-refractivity contribution in [3.63, 3.8) is 0 Å². The van der Waals surface area contributed by atoms with Gasteiger partial charge in [-0.2, -0.15) is 5.10 Å². The quantitative estimate of drug-likeness (QED) is 0.941. The number of rotatable bonds is 3.